The number of carbonyl (C=O) groups excluding carboxylic acids is 2. The highest BCUT2D eigenvalue weighted by atomic mass is 19.1. The van der Waals surface area contributed by atoms with E-state index in [0.717, 1.165) is 0 Å². The molecule has 2 aromatic carbocycles. The third-order valence-corrected chi connectivity index (χ3v) is 5.00. The summed E-state index contributed by atoms with van der Waals surface area (Å²) in [5, 5.41) is 0. The van der Waals surface area contributed by atoms with Crippen molar-refractivity contribution in [3.63, 3.8) is 0 Å². The molecule has 1 atom stereocenters. The maximum absolute atomic E-state index is 13.7. The molecule has 2 aliphatic heterocycles. The van der Waals surface area contributed by atoms with E-state index >= 15 is 0 Å². The standard InChI is InChI=1S/C21H18FNO5/c1-26-14-6-7-15(18(9-14)27-2)16-10-19(24)23(13-5-3-4-12(22)8-13)17-11-28-21(25)20(16)17/h3-9,16H,10-11H2,1-2H3. The molecule has 0 N–H and O–H groups in total. The first-order valence-corrected chi connectivity index (χ1v) is 8.74. The Morgan fingerprint density at radius 2 is 1.93 bits per heavy atom. The Morgan fingerprint density at radius 3 is 2.64 bits per heavy atom. The SMILES string of the molecule is COc1ccc(C2CC(=O)N(c3cccc(F)c3)C3=C2C(=O)OC3)c(OC)c1. The van der Waals surface area contributed by atoms with E-state index in [-0.39, 0.29) is 18.9 Å². The summed E-state index contributed by atoms with van der Waals surface area (Å²) in [6.07, 6.45) is 0.0349. The van der Waals surface area contributed by atoms with E-state index in [1.807, 2.05) is 0 Å². The first-order chi connectivity index (χ1) is 13.5. The van der Waals surface area contributed by atoms with E-state index in [4.69, 9.17) is 14.2 Å². The van der Waals surface area contributed by atoms with Crippen molar-refractivity contribution in [3.05, 3.63) is 65.1 Å². The van der Waals surface area contributed by atoms with Crippen molar-refractivity contribution in [1.29, 1.82) is 0 Å². The molecule has 1 unspecified atom stereocenters. The number of cyclic esters (lactones) is 1. The number of benzene rings is 2. The van der Waals surface area contributed by atoms with Crippen LogP contribution in [0.25, 0.3) is 0 Å². The van der Waals surface area contributed by atoms with Gasteiger partial charge in [-0.1, -0.05) is 12.1 Å². The highest BCUT2D eigenvalue weighted by Crippen LogP contribution is 2.45. The number of hydrogen-bond donors (Lipinski definition) is 0. The van der Waals surface area contributed by atoms with Crippen molar-refractivity contribution in [2.24, 2.45) is 0 Å². The van der Waals surface area contributed by atoms with Gasteiger partial charge in [-0.2, -0.15) is 0 Å². The second kappa shape index (κ2) is 6.99. The van der Waals surface area contributed by atoms with Crippen molar-refractivity contribution < 1.29 is 28.2 Å². The lowest BCUT2D eigenvalue weighted by atomic mass is 9.83. The third kappa shape index (κ3) is 2.89. The fourth-order valence-corrected chi connectivity index (χ4v) is 3.74. The van der Waals surface area contributed by atoms with Gasteiger partial charge >= 0.3 is 5.97 Å². The lowest BCUT2D eigenvalue weighted by molar-refractivity contribution is -0.136. The van der Waals surface area contributed by atoms with E-state index in [1.165, 1.54) is 30.2 Å². The van der Waals surface area contributed by atoms with Gasteiger partial charge in [0.2, 0.25) is 5.91 Å². The van der Waals surface area contributed by atoms with Crippen LogP contribution in [0.4, 0.5) is 10.1 Å². The maximum atomic E-state index is 13.7. The molecule has 0 spiro atoms. The van der Waals surface area contributed by atoms with Gasteiger partial charge in [-0.05, 0) is 24.3 Å². The van der Waals surface area contributed by atoms with Crippen LogP contribution in [0.15, 0.2) is 53.7 Å². The zero-order valence-corrected chi connectivity index (χ0v) is 15.4. The van der Waals surface area contributed by atoms with E-state index in [0.29, 0.717) is 34.0 Å². The molecule has 2 aromatic rings. The molecule has 0 saturated carbocycles. The average molecular weight is 383 g/mol. The quantitative estimate of drug-likeness (QED) is 0.759. The summed E-state index contributed by atoms with van der Waals surface area (Å²) in [6, 6.07) is 11.0. The number of anilines is 1. The Balaban J connectivity index is 1.84. The monoisotopic (exact) mass is 383 g/mol. The summed E-state index contributed by atoms with van der Waals surface area (Å²) in [6.45, 7) is -0.0363. The van der Waals surface area contributed by atoms with Crippen molar-refractivity contribution in [1.82, 2.24) is 0 Å². The summed E-state index contributed by atoms with van der Waals surface area (Å²) in [7, 11) is 3.06. The second-order valence-corrected chi connectivity index (χ2v) is 6.51. The lowest BCUT2D eigenvalue weighted by Crippen LogP contribution is -2.37. The summed E-state index contributed by atoms with van der Waals surface area (Å²) in [5.41, 5.74) is 1.90. The molecule has 0 saturated heterocycles. The van der Waals surface area contributed by atoms with Gasteiger partial charge in [0, 0.05) is 24.0 Å². The zero-order chi connectivity index (χ0) is 19.8. The summed E-state index contributed by atoms with van der Waals surface area (Å²) in [4.78, 5) is 26.9. The fraction of sp³-hybridized carbons (Fsp3) is 0.238. The number of nitrogens with zero attached hydrogens (tertiary/aromatic N) is 1. The number of hydrogen-bond acceptors (Lipinski definition) is 5. The number of esters is 1. The average Bonchev–Trinajstić information content (AvgIpc) is 3.08. The number of methoxy groups -OCH3 is 2. The van der Waals surface area contributed by atoms with Gasteiger partial charge in [-0.15, -0.1) is 0 Å². The van der Waals surface area contributed by atoms with Gasteiger partial charge < -0.3 is 14.2 Å². The lowest BCUT2D eigenvalue weighted by Gasteiger charge is -2.32. The van der Waals surface area contributed by atoms with Crippen LogP contribution in [-0.4, -0.2) is 32.7 Å². The van der Waals surface area contributed by atoms with E-state index in [9.17, 15) is 14.0 Å². The molecule has 6 nitrogen and oxygen atoms in total. The van der Waals surface area contributed by atoms with Crippen LogP contribution >= 0.6 is 0 Å². The molecular weight excluding hydrogens is 365 g/mol. The summed E-state index contributed by atoms with van der Waals surface area (Å²) >= 11 is 0. The highest BCUT2D eigenvalue weighted by Gasteiger charge is 2.43. The Bertz CT molecular complexity index is 1000. The van der Waals surface area contributed by atoms with Crippen molar-refractivity contribution in [2.45, 2.75) is 12.3 Å². The van der Waals surface area contributed by atoms with Crippen LogP contribution in [0, 0.1) is 5.82 Å². The minimum absolute atomic E-state index is 0.0349. The topological polar surface area (TPSA) is 65.1 Å². The van der Waals surface area contributed by atoms with Crippen LogP contribution in [0.2, 0.25) is 0 Å². The zero-order valence-electron chi connectivity index (χ0n) is 15.4. The maximum Gasteiger partial charge on any atom is 0.336 e. The second-order valence-electron chi connectivity index (χ2n) is 6.51. The molecule has 0 aliphatic carbocycles. The number of carbonyl (C=O) groups is 2. The molecular formula is C21H18FNO5. The van der Waals surface area contributed by atoms with E-state index in [2.05, 4.69) is 0 Å². The number of halogens is 1. The van der Waals surface area contributed by atoms with Crippen LogP contribution < -0.4 is 14.4 Å². The normalized spacial score (nSPS) is 18.8. The van der Waals surface area contributed by atoms with Crippen LogP contribution in [0.3, 0.4) is 0 Å². The predicted octanol–water partition coefficient (Wildman–Crippen LogP) is 3.17. The van der Waals surface area contributed by atoms with Gasteiger partial charge in [0.25, 0.3) is 0 Å². The first kappa shape index (κ1) is 18.0. The number of ether oxygens (including phenoxy) is 3. The molecule has 1 amide bonds. The van der Waals surface area contributed by atoms with Crippen molar-refractivity contribution in [3.8, 4) is 11.5 Å². The van der Waals surface area contributed by atoms with Crippen LogP contribution in [-0.2, 0) is 14.3 Å². The Kier molecular flexibility index (Phi) is 4.50. The van der Waals surface area contributed by atoms with Crippen molar-refractivity contribution in [2.75, 3.05) is 25.7 Å². The van der Waals surface area contributed by atoms with Crippen LogP contribution in [0.1, 0.15) is 17.9 Å². The molecule has 0 fully saturated rings. The molecule has 2 aliphatic rings. The summed E-state index contributed by atoms with van der Waals surface area (Å²) < 4.78 is 29.6. The fourth-order valence-electron chi connectivity index (χ4n) is 3.74. The Hall–Kier alpha value is -3.35. The first-order valence-electron chi connectivity index (χ1n) is 8.74. The largest absolute Gasteiger partial charge is 0.497 e. The molecule has 0 bridgehead atoms. The third-order valence-electron chi connectivity index (χ3n) is 5.00. The minimum atomic E-state index is -0.511. The van der Waals surface area contributed by atoms with Gasteiger partial charge in [0.15, 0.2) is 0 Å². The van der Waals surface area contributed by atoms with Crippen molar-refractivity contribution >= 4 is 17.6 Å². The molecule has 0 aromatic heterocycles. The van der Waals surface area contributed by atoms with E-state index in [1.54, 1.807) is 31.4 Å². The molecule has 7 heteroatoms. The van der Waals surface area contributed by atoms with Crippen LogP contribution in [0.5, 0.6) is 11.5 Å². The summed E-state index contributed by atoms with van der Waals surface area (Å²) in [5.74, 6) is -0.577. The highest BCUT2D eigenvalue weighted by molar-refractivity contribution is 6.06. The molecule has 4 rings (SSSR count). The van der Waals surface area contributed by atoms with E-state index < -0.39 is 17.7 Å². The Morgan fingerprint density at radius 1 is 1.11 bits per heavy atom. The van der Waals surface area contributed by atoms with Gasteiger partial charge in [-0.25, -0.2) is 9.18 Å². The smallest absolute Gasteiger partial charge is 0.336 e. The van der Waals surface area contributed by atoms with Gasteiger partial charge in [0.1, 0.15) is 23.9 Å². The number of amides is 1. The molecule has 2 heterocycles. The predicted molar refractivity (Wildman–Crippen MR) is 98.8 cm³/mol. The molecule has 0 radical (unpaired) electrons. The number of rotatable bonds is 4. The Labute approximate surface area is 161 Å². The minimum Gasteiger partial charge on any atom is -0.497 e. The van der Waals surface area contributed by atoms with Gasteiger partial charge in [0.05, 0.1) is 31.2 Å². The molecule has 144 valence electrons. The molecule has 28 heavy (non-hydrogen) atoms. The van der Waals surface area contributed by atoms with Gasteiger partial charge in [-0.3, -0.25) is 9.69 Å².